The number of thioether (sulfide) groups is 1. The van der Waals surface area contributed by atoms with Gasteiger partial charge in [0.25, 0.3) is 0 Å². The fraction of sp³-hybridized carbons (Fsp3) is 0.471. The number of piperidine rings is 1. The molecule has 0 aliphatic carbocycles. The van der Waals surface area contributed by atoms with E-state index in [0.717, 1.165) is 49.1 Å². The standard InChI is InChI=1S/C17H21NO2S2/c19-17(11-16-4-2-10-22-16)18-7-5-14(6-8-18)12-21-13-15-3-1-9-20-15/h1-4,9-10,14H,5-8,11-13H2. The molecule has 1 amide bonds. The molecule has 1 saturated heterocycles. The molecule has 0 atom stereocenters. The predicted molar refractivity (Wildman–Crippen MR) is 92.2 cm³/mol. The third-order valence-electron chi connectivity index (χ3n) is 4.05. The van der Waals surface area contributed by atoms with Crippen LogP contribution in [0.3, 0.4) is 0 Å². The molecule has 3 nitrogen and oxygen atoms in total. The molecule has 0 spiro atoms. The van der Waals surface area contributed by atoms with Crippen LogP contribution in [0.4, 0.5) is 0 Å². The van der Waals surface area contributed by atoms with Crippen molar-refractivity contribution >= 4 is 29.0 Å². The fourth-order valence-electron chi connectivity index (χ4n) is 2.74. The van der Waals surface area contributed by atoms with Gasteiger partial charge in [-0.1, -0.05) is 6.07 Å². The Bertz CT molecular complexity index is 558. The van der Waals surface area contributed by atoms with Gasteiger partial charge in [0.2, 0.25) is 5.91 Å². The van der Waals surface area contributed by atoms with Crippen LogP contribution >= 0.6 is 23.1 Å². The maximum Gasteiger partial charge on any atom is 0.227 e. The first kappa shape index (κ1) is 15.7. The fourth-order valence-corrected chi connectivity index (χ4v) is 4.59. The number of carbonyl (C=O) groups excluding carboxylic acids is 1. The van der Waals surface area contributed by atoms with E-state index in [0.29, 0.717) is 6.42 Å². The molecule has 118 valence electrons. The number of furan rings is 1. The summed E-state index contributed by atoms with van der Waals surface area (Å²) >= 11 is 3.60. The van der Waals surface area contributed by atoms with Gasteiger partial charge < -0.3 is 9.32 Å². The maximum atomic E-state index is 12.3. The van der Waals surface area contributed by atoms with E-state index in [1.165, 1.54) is 4.88 Å². The van der Waals surface area contributed by atoms with Crippen LogP contribution in [0.15, 0.2) is 40.3 Å². The van der Waals surface area contributed by atoms with Crippen LogP contribution in [-0.2, 0) is 17.0 Å². The number of likely N-dealkylation sites (tertiary alicyclic amines) is 1. The lowest BCUT2D eigenvalue weighted by Crippen LogP contribution is -2.39. The molecule has 0 aromatic carbocycles. The van der Waals surface area contributed by atoms with Crippen LogP contribution in [0.25, 0.3) is 0 Å². The predicted octanol–water partition coefficient (Wildman–Crippen LogP) is 4.06. The Morgan fingerprint density at radius 3 is 2.86 bits per heavy atom. The van der Waals surface area contributed by atoms with Crippen molar-refractivity contribution < 1.29 is 9.21 Å². The minimum absolute atomic E-state index is 0.282. The maximum absolute atomic E-state index is 12.3. The Morgan fingerprint density at radius 1 is 1.32 bits per heavy atom. The normalized spacial score (nSPS) is 16.1. The van der Waals surface area contributed by atoms with Gasteiger partial charge in [-0.25, -0.2) is 0 Å². The lowest BCUT2D eigenvalue weighted by molar-refractivity contribution is -0.131. The molecule has 1 aliphatic heterocycles. The van der Waals surface area contributed by atoms with Gasteiger partial charge in [0.15, 0.2) is 0 Å². The number of hydrogen-bond acceptors (Lipinski definition) is 4. The van der Waals surface area contributed by atoms with Gasteiger partial charge in [-0.3, -0.25) is 4.79 Å². The van der Waals surface area contributed by atoms with E-state index >= 15 is 0 Å². The van der Waals surface area contributed by atoms with E-state index in [9.17, 15) is 4.79 Å². The smallest absolute Gasteiger partial charge is 0.227 e. The molecule has 2 aromatic rings. The lowest BCUT2D eigenvalue weighted by Gasteiger charge is -2.31. The Balaban J connectivity index is 1.36. The van der Waals surface area contributed by atoms with Gasteiger partial charge in [0.1, 0.15) is 5.76 Å². The highest BCUT2D eigenvalue weighted by atomic mass is 32.2. The highest BCUT2D eigenvalue weighted by Crippen LogP contribution is 2.24. The van der Waals surface area contributed by atoms with Gasteiger partial charge in [-0.2, -0.15) is 11.8 Å². The van der Waals surface area contributed by atoms with Crippen LogP contribution in [0.2, 0.25) is 0 Å². The molecule has 2 aromatic heterocycles. The van der Waals surface area contributed by atoms with Gasteiger partial charge in [-0.05, 0) is 48.1 Å². The SMILES string of the molecule is O=C(Cc1cccs1)N1CCC(CSCc2ccco2)CC1. The van der Waals surface area contributed by atoms with Crippen LogP contribution in [0, 0.1) is 5.92 Å². The van der Waals surface area contributed by atoms with Crippen molar-refractivity contribution in [3.8, 4) is 0 Å². The topological polar surface area (TPSA) is 33.5 Å². The summed E-state index contributed by atoms with van der Waals surface area (Å²) in [6.07, 6.45) is 4.55. The van der Waals surface area contributed by atoms with Crippen molar-refractivity contribution in [3.05, 3.63) is 46.5 Å². The zero-order valence-electron chi connectivity index (χ0n) is 12.6. The van der Waals surface area contributed by atoms with Crippen molar-refractivity contribution in [1.82, 2.24) is 4.90 Å². The highest BCUT2D eigenvalue weighted by molar-refractivity contribution is 7.98. The van der Waals surface area contributed by atoms with Gasteiger partial charge >= 0.3 is 0 Å². The van der Waals surface area contributed by atoms with Gasteiger partial charge in [0.05, 0.1) is 18.4 Å². The number of rotatable bonds is 6. The largest absolute Gasteiger partial charge is 0.468 e. The number of nitrogens with zero attached hydrogens (tertiary/aromatic N) is 1. The molecule has 0 bridgehead atoms. The van der Waals surface area contributed by atoms with Crippen molar-refractivity contribution in [1.29, 1.82) is 0 Å². The Morgan fingerprint density at radius 2 is 2.18 bits per heavy atom. The lowest BCUT2D eigenvalue weighted by atomic mass is 9.99. The summed E-state index contributed by atoms with van der Waals surface area (Å²) in [4.78, 5) is 15.5. The summed E-state index contributed by atoms with van der Waals surface area (Å²) in [5.74, 6) is 4.17. The molecule has 3 rings (SSSR count). The van der Waals surface area contributed by atoms with Crippen LogP contribution in [-0.4, -0.2) is 29.6 Å². The second kappa shape index (κ2) is 7.88. The van der Waals surface area contributed by atoms with Gasteiger partial charge in [0, 0.05) is 18.0 Å². The first-order valence-corrected chi connectivity index (χ1v) is 9.75. The molecule has 22 heavy (non-hydrogen) atoms. The minimum atomic E-state index is 0.282. The molecule has 0 unspecified atom stereocenters. The number of hydrogen-bond donors (Lipinski definition) is 0. The van der Waals surface area contributed by atoms with Crippen molar-refractivity contribution in [2.24, 2.45) is 5.92 Å². The second-order valence-corrected chi connectivity index (χ2v) is 7.74. The average Bonchev–Trinajstić information content (AvgIpc) is 3.21. The summed E-state index contributed by atoms with van der Waals surface area (Å²) in [7, 11) is 0. The minimum Gasteiger partial charge on any atom is -0.468 e. The van der Waals surface area contributed by atoms with Crippen LogP contribution in [0.1, 0.15) is 23.5 Å². The molecule has 0 saturated carbocycles. The van der Waals surface area contributed by atoms with Crippen LogP contribution in [0.5, 0.6) is 0 Å². The van der Waals surface area contributed by atoms with Crippen molar-refractivity contribution in [3.63, 3.8) is 0 Å². The molecule has 3 heterocycles. The van der Waals surface area contributed by atoms with Crippen molar-refractivity contribution in [2.75, 3.05) is 18.8 Å². The number of carbonyl (C=O) groups is 1. The quantitative estimate of drug-likeness (QED) is 0.798. The van der Waals surface area contributed by atoms with Gasteiger partial charge in [-0.15, -0.1) is 11.3 Å². The number of amides is 1. The molecular weight excluding hydrogens is 314 g/mol. The first-order valence-electron chi connectivity index (χ1n) is 7.71. The summed E-state index contributed by atoms with van der Waals surface area (Å²) in [5, 5.41) is 2.03. The molecule has 0 radical (unpaired) electrons. The monoisotopic (exact) mass is 335 g/mol. The third-order valence-corrected chi connectivity index (χ3v) is 6.12. The zero-order valence-corrected chi connectivity index (χ0v) is 14.2. The van der Waals surface area contributed by atoms with E-state index < -0.39 is 0 Å². The highest BCUT2D eigenvalue weighted by Gasteiger charge is 2.22. The van der Waals surface area contributed by atoms with E-state index in [4.69, 9.17) is 4.42 Å². The Labute approximate surface area is 139 Å². The Hall–Kier alpha value is -1.20. The van der Waals surface area contributed by atoms with E-state index in [1.807, 2.05) is 46.3 Å². The molecule has 0 N–H and O–H groups in total. The molecule has 1 fully saturated rings. The number of thiophene rings is 1. The molecule has 1 aliphatic rings. The Kier molecular flexibility index (Phi) is 5.62. The third kappa shape index (κ3) is 4.40. The van der Waals surface area contributed by atoms with E-state index in [2.05, 4.69) is 0 Å². The molecule has 5 heteroatoms. The van der Waals surface area contributed by atoms with Crippen molar-refractivity contribution in [2.45, 2.75) is 25.0 Å². The average molecular weight is 335 g/mol. The summed E-state index contributed by atoms with van der Waals surface area (Å²) in [5.41, 5.74) is 0. The summed E-state index contributed by atoms with van der Waals surface area (Å²) in [6.45, 7) is 1.83. The summed E-state index contributed by atoms with van der Waals surface area (Å²) in [6, 6.07) is 8.02. The zero-order chi connectivity index (χ0) is 15.2. The van der Waals surface area contributed by atoms with E-state index in [-0.39, 0.29) is 5.91 Å². The molecular formula is C17H21NO2S2. The second-order valence-electron chi connectivity index (χ2n) is 5.67. The van der Waals surface area contributed by atoms with Crippen LogP contribution < -0.4 is 0 Å². The first-order chi connectivity index (χ1) is 10.8. The summed E-state index contributed by atoms with van der Waals surface area (Å²) < 4.78 is 5.35. The van der Waals surface area contributed by atoms with E-state index in [1.54, 1.807) is 17.6 Å².